The molecule has 0 radical (unpaired) electrons. The zero-order chi connectivity index (χ0) is 18.4. The smallest absolute Gasteiger partial charge is 0.230 e. The fourth-order valence-electron chi connectivity index (χ4n) is 2.30. The van der Waals surface area contributed by atoms with Crippen LogP contribution in [0.4, 0.5) is 0 Å². The Morgan fingerprint density at radius 2 is 1.88 bits per heavy atom. The van der Waals surface area contributed by atoms with Crippen LogP contribution in [0.5, 0.6) is 5.75 Å². The van der Waals surface area contributed by atoms with Crippen LogP contribution in [0.2, 0.25) is 0 Å². The molecule has 0 aliphatic heterocycles. The zero-order valence-corrected chi connectivity index (χ0v) is 16.3. The van der Waals surface area contributed by atoms with Gasteiger partial charge in [0.2, 0.25) is 5.91 Å². The van der Waals surface area contributed by atoms with E-state index in [2.05, 4.69) is 41.5 Å². The van der Waals surface area contributed by atoms with Crippen molar-refractivity contribution in [3.05, 3.63) is 65.0 Å². The standard InChI is InChI=1S/C20H20N2O2S2/c1-14-3-7-16(8-4-14)18-12-25-20(22-18)26-13-19(23)21-11-15-5-9-17(24-2)10-6-15/h3-10,12H,11,13H2,1-2H3,(H,21,23). The number of thiazole rings is 1. The molecule has 0 atom stereocenters. The van der Waals surface area contributed by atoms with Gasteiger partial charge in [0.05, 0.1) is 18.6 Å². The lowest BCUT2D eigenvalue weighted by Gasteiger charge is -2.05. The number of rotatable bonds is 7. The number of hydrogen-bond acceptors (Lipinski definition) is 5. The second kappa shape index (κ2) is 8.87. The Bertz CT molecular complexity index is 858. The molecule has 0 saturated heterocycles. The molecule has 1 amide bonds. The Labute approximate surface area is 161 Å². The number of carbonyl (C=O) groups is 1. The van der Waals surface area contributed by atoms with E-state index in [4.69, 9.17) is 4.74 Å². The van der Waals surface area contributed by atoms with Crippen molar-refractivity contribution in [2.45, 2.75) is 17.8 Å². The van der Waals surface area contributed by atoms with Gasteiger partial charge >= 0.3 is 0 Å². The third kappa shape index (κ3) is 5.09. The number of thioether (sulfide) groups is 1. The van der Waals surface area contributed by atoms with Gasteiger partial charge in [-0.3, -0.25) is 4.79 Å². The first-order chi connectivity index (χ1) is 12.6. The molecule has 3 rings (SSSR count). The van der Waals surface area contributed by atoms with Crippen LogP contribution in [0, 0.1) is 6.92 Å². The van der Waals surface area contributed by atoms with Crippen molar-refractivity contribution in [1.29, 1.82) is 0 Å². The minimum Gasteiger partial charge on any atom is -0.497 e. The van der Waals surface area contributed by atoms with E-state index in [0.717, 1.165) is 26.9 Å². The molecule has 0 aliphatic carbocycles. The maximum absolute atomic E-state index is 12.0. The van der Waals surface area contributed by atoms with Crippen molar-refractivity contribution in [1.82, 2.24) is 10.3 Å². The summed E-state index contributed by atoms with van der Waals surface area (Å²) in [6, 6.07) is 16.0. The van der Waals surface area contributed by atoms with Crippen LogP contribution >= 0.6 is 23.1 Å². The van der Waals surface area contributed by atoms with Crippen LogP contribution in [0.25, 0.3) is 11.3 Å². The number of aromatic nitrogens is 1. The van der Waals surface area contributed by atoms with Gasteiger partial charge in [0.15, 0.2) is 4.34 Å². The average molecular weight is 385 g/mol. The molecule has 6 heteroatoms. The van der Waals surface area contributed by atoms with Crippen molar-refractivity contribution in [3.8, 4) is 17.0 Å². The largest absolute Gasteiger partial charge is 0.497 e. The number of carbonyl (C=O) groups excluding carboxylic acids is 1. The van der Waals surface area contributed by atoms with Crippen LogP contribution in [0.15, 0.2) is 58.3 Å². The molecule has 4 nitrogen and oxygen atoms in total. The van der Waals surface area contributed by atoms with E-state index in [-0.39, 0.29) is 5.91 Å². The summed E-state index contributed by atoms with van der Waals surface area (Å²) >= 11 is 3.03. The number of nitrogens with zero attached hydrogens (tertiary/aromatic N) is 1. The van der Waals surface area contributed by atoms with Gasteiger partial charge in [0, 0.05) is 17.5 Å². The highest BCUT2D eigenvalue weighted by Crippen LogP contribution is 2.28. The molecule has 26 heavy (non-hydrogen) atoms. The summed E-state index contributed by atoms with van der Waals surface area (Å²) in [5, 5.41) is 4.96. The molecule has 3 aromatic rings. The molecule has 134 valence electrons. The van der Waals surface area contributed by atoms with Gasteiger partial charge in [-0.2, -0.15) is 0 Å². The number of aryl methyl sites for hydroxylation is 1. The van der Waals surface area contributed by atoms with E-state index < -0.39 is 0 Å². The molecule has 1 heterocycles. The molecule has 0 fully saturated rings. The molecule has 0 bridgehead atoms. The first-order valence-corrected chi connectivity index (χ1v) is 10.1. The fraction of sp³-hybridized carbons (Fsp3) is 0.200. The van der Waals surface area contributed by atoms with E-state index in [1.165, 1.54) is 17.3 Å². The summed E-state index contributed by atoms with van der Waals surface area (Å²) in [5.74, 6) is 1.17. The van der Waals surface area contributed by atoms with E-state index in [0.29, 0.717) is 12.3 Å². The maximum atomic E-state index is 12.0. The van der Waals surface area contributed by atoms with Gasteiger partial charge in [-0.05, 0) is 24.6 Å². The fourth-order valence-corrected chi connectivity index (χ4v) is 3.97. The highest BCUT2D eigenvalue weighted by molar-refractivity contribution is 8.01. The van der Waals surface area contributed by atoms with Crippen LogP contribution in [0.3, 0.4) is 0 Å². The molecule has 1 N–H and O–H groups in total. The predicted octanol–water partition coefficient (Wildman–Crippen LogP) is 4.54. The molecule has 0 spiro atoms. The molecule has 0 aliphatic rings. The zero-order valence-electron chi connectivity index (χ0n) is 14.7. The summed E-state index contributed by atoms with van der Waals surface area (Å²) in [5.41, 5.74) is 4.32. The lowest BCUT2D eigenvalue weighted by molar-refractivity contribution is -0.118. The average Bonchev–Trinajstić information content (AvgIpc) is 3.14. The number of benzene rings is 2. The Morgan fingerprint density at radius 1 is 1.15 bits per heavy atom. The van der Waals surface area contributed by atoms with Crippen molar-refractivity contribution in [2.24, 2.45) is 0 Å². The van der Waals surface area contributed by atoms with Gasteiger partial charge in [-0.1, -0.05) is 53.7 Å². The maximum Gasteiger partial charge on any atom is 0.230 e. The van der Waals surface area contributed by atoms with E-state index in [9.17, 15) is 4.79 Å². The molecular weight excluding hydrogens is 364 g/mol. The van der Waals surface area contributed by atoms with Gasteiger partial charge in [0.1, 0.15) is 5.75 Å². The number of amides is 1. The lowest BCUT2D eigenvalue weighted by Crippen LogP contribution is -2.24. The monoisotopic (exact) mass is 384 g/mol. The van der Waals surface area contributed by atoms with Crippen molar-refractivity contribution < 1.29 is 9.53 Å². The summed E-state index contributed by atoms with van der Waals surface area (Å²) in [4.78, 5) is 16.7. The first kappa shape index (κ1) is 18.5. The lowest BCUT2D eigenvalue weighted by atomic mass is 10.1. The first-order valence-electron chi connectivity index (χ1n) is 8.19. The predicted molar refractivity (Wildman–Crippen MR) is 108 cm³/mol. The molecule has 0 saturated carbocycles. The molecule has 0 unspecified atom stereocenters. The number of ether oxygens (including phenoxy) is 1. The minimum atomic E-state index is -0.00194. The topological polar surface area (TPSA) is 51.2 Å². The van der Waals surface area contributed by atoms with Gasteiger partial charge in [-0.25, -0.2) is 4.98 Å². The van der Waals surface area contributed by atoms with Crippen molar-refractivity contribution in [3.63, 3.8) is 0 Å². The van der Waals surface area contributed by atoms with E-state index >= 15 is 0 Å². The van der Waals surface area contributed by atoms with Crippen molar-refractivity contribution in [2.75, 3.05) is 12.9 Å². The Balaban J connectivity index is 1.47. The van der Waals surface area contributed by atoms with Crippen LogP contribution in [-0.4, -0.2) is 23.8 Å². The van der Waals surface area contributed by atoms with Gasteiger partial charge in [0.25, 0.3) is 0 Å². The highest BCUT2D eigenvalue weighted by atomic mass is 32.2. The van der Waals surface area contributed by atoms with E-state index in [1.54, 1.807) is 18.4 Å². The minimum absolute atomic E-state index is 0.00194. The van der Waals surface area contributed by atoms with Gasteiger partial charge in [-0.15, -0.1) is 11.3 Å². The summed E-state index contributed by atoms with van der Waals surface area (Å²) in [6.07, 6.45) is 0. The van der Waals surface area contributed by atoms with E-state index in [1.807, 2.05) is 29.6 Å². The number of methoxy groups -OCH3 is 1. The summed E-state index contributed by atoms with van der Waals surface area (Å²) in [6.45, 7) is 2.58. The van der Waals surface area contributed by atoms with Crippen LogP contribution < -0.4 is 10.1 Å². The van der Waals surface area contributed by atoms with Gasteiger partial charge < -0.3 is 10.1 Å². The molecule has 2 aromatic carbocycles. The quantitative estimate of drug-likeness (QED) is 0.608. The Kier molecular flexibility index (Phi) is 6.30. The van der Waals surface area contributed by atoms with Crippen molar-refractivity contribution >= 4 is 29.0 Å². The normalized spacial score (nSPS) is 10.5. The molecular formula is C20H20N2O2S2. The SMILES string of the molecule is COc1ccc(CNC(=O)CSc2nc(-c3ccc(C)cc3)cs2)cc1. The third-order valence-electron chi connectivity index (χ3n) is 3.81. The number of hydrogen-bond donors (Lipinski definition) is 1. The molecule has 1 aromatic heterocycles. The Hall–Kier alpha value is -2.31. The second-order valence-electron chi connectivity index (χ2n) is 5.78. The van der Waals surface area contributed by atoms with Crippen LogP contribution in [-0.2, 0) is 11.3 Å². The summed E-state index contributed by atoms with van der Waals surface area (Å²) < 4.78 is 6.03. The highest BCUT2D eigenvalue weighted by Gasteiger charge is 2.08. The third-order valence-corrected chi connectivity index (χ3v) is 5.83. The summed E-state index contributed by atoms with van der Waals surface area (Å²) in [7, 11) is 1.64. The Morgan fingerprint density at radius 3 is 2.58 bits per heavy atom. The number of nitrogens with one attached hydrogen (secondary N) is 1. The second-order valence-corrected chi connectivity index (χ2v) is 7.86. The van der Waals surface area contributed by atoms with Crippen LogP contribution in [0.1, 0.15) is 11.1 Å².